The molecule has 1 N–H and O–H groups in total. The van der Waals surface area contributed by atoms with Crippen LogP contribution in [0.3, 0.4) is 0 Å². The predicted octanol–water partition coefficient (Wildman–Crippen LogP) is 1.29. The van der Waals surface area contributed by atoms with E-state index >= 15 is 0 Å². The van der Waals surface area contributed by atoms with E-state index in [4.69, 9.17) is 0 Å². The topological polar surface area (TPSA) is 75.9 Å². The van der Waals surface area contributed by atoms with E-state index in [9.17, 15) is 4.79 Å². The first-order valence-corrected chi connectivity index (χ1v) is 7.86. The van der Waals surface area contributed by atoms with Crippen LogP contribution in [0.2, 0.25) is 0 Å². The number of rotatable bonds is 8. The number of amides is 1. The Morgan fingerprint density at radius 1 is 1.52 bits per heavy atom. The summed E-state index contributed by atoms with van der Waals surface area (Å²) < 4.78 is 1.81. The average Bonchev–Trinajstić information content (AvgIpc) is 3.11. The highest BCUT2D eigenvalue weighted by Crippen LogP contribution is 2.20. The zero-order valence-corrected chi connectivity index (χ0v) is 13.1. The molecular weight excluding hydrogens is 288 g/mol. The zero-order chi connectivity index (χ0) is 15.1. The number of hydrogen-bond donors (Lipinski definition) is 1. The summed E-state index contributed by atoms with van der Waals surface area (Å²) in [5.41, 5.74) is 0.968. The van der Waals surface area contributed by atoms with Crippen LogP contribution in [0.15, 0.2) is 17.8 Å². The molecule has 0 bridgehead atoms. The summed E-state index contributed by atoms with van der Waals surface area (Å²) >= 11 is 1.50. The molecule has 8 heteroatoms. The Labute approximate surface area is 128 Å². The van der Waals surface area contributed by atoms with Crippen LogP contribution in [0.1, 0.15) is 26.0 Å². The fourth-order valence-electron chi connectivity index (χ4n) is 1.93. The second-order valence-electron chi connectivity index (χ2n) is 4.58. The summed E-state index contributed by atoms with van der Waals surface area (Å²) in [7, 11) is 0. The molecule has 2 heterocycles. The normalized spacial score (nSPS) is 10.8. The lowest BCUT2D eigenvalue weighted by atomic mass is 10.4. The van der Waals surface area contributed by atoms with E-state index in [1.54, 1.807) is 18.0 Å². The quantitative estimate of drug-likeness (QED) is 0.744. The Morgan fingerprint density at radius 2 is 2.38 bits per heavy atom. The predicted molar refractivity (Wildman–Crippen MR) is 82.2 cm³/mol. The van der Waals surface area contributed by atoms with E-state index in [2.05, 4.69) is 20.6 Å². The maximum atomic E-state index is 11.5. The summed E-state index contributed by atoms with van der Waals surface area (Å²) in [6.07, 6.45) is 4.52. The summed E-state index contributed by atoms with van der Waals surface area (Å²) in [6.45, 7) is 6.61. The zero-order valence-electron chi connectivity index (χ0n) is 12.3. The van der Waals surface area contributed by atoms with Gasteiger partial charge in [0.2, 0.25) is 5.91 Å². The maximum absolute atomic E-state index is 11.5. The Morgan fingerprint density at radius 3 is 3.05 bits per heavy atom. The van der Waals surface area contributed by atoms with Crippen molar-refractivity contribution < 1.29 is 4.79 Å². The monoisotopic (exact) mass is 308 g/mol. The van der Waals surface area contributed by atoms with Crippen LogP contribution in [-0.4, -0.2) is 39.0 Å². The number of aryl methyl sites for hydroxylation is 1. The van der Waals surface area contributed by atoms with Crippen molar-refractivity contribution in [3.8, 4) is 0 Å². The molecule has 2 aromatic heterocycles. The second kappa shape index (κ2) is 7.84. The van der Waals surface area contributed by atoms with Gasteiger partial charge in [0.05, 0.1) is 11.9 Å². The number of aromatic nitrogens is 4. The van der Waals surface area contributed by atoms with Crippen LogP contribution in [0.25, 0.3) is 0 Å². The van der Waals surface area contributed by atoms with E-state index in [-0.39, 0.29) is 5.91 Å². The minimum atomic E-state index is 0.0270. The summed E-state index contributed by atoms with van der Waals surface area (Å²) in [6, 6.07) is 0. The van der Waals surface area contributed by atoms with Crippen molar-refractivity contribution in [3.05, 3.63) is 23.5 Å². The number of hydrogen-bond acceptors (Lipinski definition) is 6. The molecule has 21 heavy (non-hydrogen) atoms. The van der Waals surface area contributed by atoms with Crippen LogP contribution < -0.4 is 10.2 Å². The molecule has 0 spiro atoms. The number of anilines is 1. The van der Waals surface area contributed by atoms with Crippen LogP contribution in [0.5, 0.6) is 0 Å². The Balaban J connectivity index is 1.71. The van der Waals surface area contributed by atoms with Crippen LogP contribution >= 0.6 is 11.3 Å². The van der Waals surface area contributed by atoms with Crippen molar-refractivity contribution in [1.82, 2.24) is 25.3 Å². The fraction of sp³-hybridized carbons (Fsp3) is 0.538. The van der Waals surface area contributed by atoms with Crippen molar-refractivity contribution in [3.63, 3.8) is 0 Å². The minimum Gasteiger partial charge on any atom is -0.311 e. The number of nitrogens with one attached hydrogen (secondary N) is 1. The van der Waals surface area contributed by atoms with Crippen molar-refractivity contribution in [2.24, 2.45) is 0 Å². The van der Waals surface area contributed by atoms with Gasteiger partial charge in [-0.3, -0.25) is 14.4 Å². The van der Waals surface area contributed by atoms with Gasteiger partial charge in [-0.2, -0.15) is 0 Å². The molecule has 1 amide bonds. The van der Waals surface area contributed by atoms with Crippen molar-refractivity contribution in [1.29, 1.82) is 0 Å². The van der Waals surface area contributed by atoms with Gasteiger partial charge in [0.15, 0.2) is 5.13 Å². The van der Waals surface area contributed by atoms with E-state index in [1.165, 1.54) is 11.3 Å². The molecular formula is C13H20N6OS. The van der Waals surface area contributed by atoms with Gasteiger partial charge in [0.25, 0.3) is 0 Å². The highest BCUT2D eigenvalue weighted by molar-refractivity contribution is 7.14. The van der Waals surface area contributed by atoms with E-state index < -0.39 is 0 Å². The molecule has 0 aliphatic heterocycles. The second-order valence-corrected chi connectivity index (χ2v) is 5.42. The molecule has 0 atom stereocenters. The Kier molecular flexibility index (Phi) is 5.82. The van der Waals surface area contributed by atoms with Gasteiger partial charge < -0.3 is 5.32 Å². The molecule has 0 radical (unpaired) electrons. The molecule has 114 valence electrons. The fourth-order valence-corrected chi connectivity index (χ4v) is 2.86. The third-order valence-corrected chi connectivity index (χ3v) is 3.90. The molecule has 0 saturated carbocycles. The molecule has 7 nitrogen and oxygen atoms in total. The van der Waals surface area contributed by atoms with E-state index in [0.717, 1.165) is 30.3 Å². The van der Waals surface area contributed by atoms with Crippen molar-refractivity contribution >= 4 is 22.4 Å². The van der Waals surface area contributed by atoms with Gasteiger partial charge >= 0.3 is 0 Å². The lowest BCUT2D eigenvalue weighted by Crippen LogP contribution is -2.27. The summed E-state index contributed by atoms with van der Waals surface area (Å²) in [5, 5.41) is 13.8. The average molecular weight is 308 g/mol. The third-order valence-electron chi connectivity index (χ3n) is 2.99. The Bertz CT molecular complexity index is 553. The van der Waals surface area contributed by atoms with Crippen LogP contribution in [-0.2, 0) is 17.9 Å². The largest absolute Gasteiger partial charge is 0.311 e. The van der Waals surface area contributed by atoms with Crippen LogP contribution in [0.4, 0.5) is 5.13 Å². The molecule has 2 aromatic rings. The van der Waals surface area contributed by atoms with Crippen molar-refractivity contribution in [2.75, 3.05) is 18.0 Å². The maximum Gasteiger partial charge on any atom is 0.225 e. The number of carbonyl (C=O) groups is 1. The molecule has 0 unspecified atom stereocenters. The van der Waals surface area contributed by atoms with Gasteiger partial charge in [-0.1, -0.05) is 5.21 Å². The van der Waals surface area contributed by atoms with Gasteiger partial charge in [-0.25, -0.2) is 4.98 Å². The van der Waals surface area contributed by atoms with Gasteiger partial charge in [-0.05, 0) is 19.9 Å². The van der Waals surface area contributed by atoms with Gasteiger partial charge in [0, 0.05) is 38.1 Å². The molecule has 0 fully saturated rings. The number of carbonyl (C=O) groups excluding carboxylic acids is 1. The van der Waals surface area contributed by atoms with Crippen molar-refractivity contribution in [2.45, 2.75) is 33.4 Å². The lowest BCUT2D eigenvalue weighted by Gasteiger charge is -2.14. The standard InChI is InChI=1S/C13H20N6OS/c1-3-19(11(2)20)13-16-12(10-21-13)9-14-5-4-7-18-8-6-15-17-18/h6,8,10,14H,3-5,7,9H2,1-2H3. The summed E-state index contributed by atoms with van der Waals surface area (Å²) in [4.78, 5) is 17.6. The SMILES string of the molecule is CCN(C(C)=O)c1nc(CNCCCn2ccnn2)cs1. The number of thiazole rings is 1. The molecule has 0 saturated heterocycles. The number of nitrogens with zero attached hydrogens (tertiary/aromatic N) is 5. The molecule has 0 aromatic carbocycles. The summed E-state index contributed by atoms with van der Waals surface area (Å²) in [5.74, 6) is 0.0270. The van der Waals surface area contributed by atoms with Crippen LogP contribution in [0, 0.1) is 0 Å². The third kappa shape index (κ3) is 4.61. The minimum absolute atomic E-state index is 0.0270. The van der Waals surface area contributed by atoms with Gasteiger partial charge in [0.1, 0.15) is 0 Å². The highest BCUT2D eigenvalue weighted by Gasteiger charge is 2.12. The molecule has 0 aliphatic carbocycles. The first-order valence-electron chi connectivity index (χ1n) is 6.98. The highest BCUT2D eigenvalue weighted by atomic mass is 32.1. The lowest BCUT2D eigenvalue weighted by molar-refractivity contribution is -0.116. The first-order chi connectivity index (χ1) is 10.2. The smallest absolute Gasteiger partial charge is 0.225 e. The first kappa shape index (κ1) is 15.6. The Hall–Kier alpha value is -1.80. The molecule has 0 aliphatic rings. The van der Waals surface area contributed by atoms with Gasteiger partial charge in [-0.15, -0.1) is 16.4 Å². The molecule has 2 rings (SSSR count). The van der Waals surface area contributed by atoms with E-state index in [1.807, 2.05) is 23.2 Å². The van der Waals surface area contributed by atoms with E-state index in [0.29, 0.717) is 13.1 Å².